The number of fused-ring (bicyclic) bond motifs is 1. The number of imide groups is 1. The highest BCUT2D eigenvalue weighted by molar-refractivity contribution is 6.01. The summed E-state index contributed by atoms with van der Waals surface area (Å²) in [6.45, 7) is 4.18. The van der Waals surface area contributed by atoms with E-state index in [0.717, 1.165) is 30.9 Å². The molecule has 2 aromatic rings. The SMILES string of the molecule is COc1ccc(CN(C)C(C)c2ccc3c(c2)CCO3)cc1OCCN1C(=O)CCC1=O. The summed E-state index contributed by atoms with van der Waals surface area (Å²) < 4.78 is 17.0. The molecule has 0 aromatic heterocycles. The third-order valence-corrected chi connectivity index (χ3v) is 6.24. The van der Waals surface area contributed by atoms with Crippen LogP contribution in [0.3, 0.4) is 0 Å². The van der Waals surface area contributed by atoms with E-state index in [2.05, 4.69) is 37.1 Å². The van der Waals surface area contributed by atoms with Crippen molar-refractivity contribution in [2.45, 2.75) is 38.8 Å². The molecular formula is C25H30N2O5. The Labute approximate surface area is 188 Å². The van der Waals surface area contributed by atoms with Crippen LogP contribution in [0, 0.1) is 0 Å². The van der Waals surface area contributed by atoms with Crippen molar-refractivity contribution >= 4 is 11.8 Å². The number of carbonyl (C=O) groups excluding carboxylic acids is 2. The molecule has 1 fully saturated rings. The molecular weight excluding hydrogens is 408 g/mol. The van der Waals surface area contributed by atoms with Gasteiger partial charge >= 0.3 is 0 Å². The van der Waals surface area contributed by atoms with Gasteiger partial charge in [0.25, 0.3) is 0 Å². The fraction of sp³-hybridized carbons (Fsp3) is 0.440. The first kappa shape index (κ1) is 22.1. The summed E-state index contributed by atoms with van der Waals surface area (Å²) in [5.74, 6) is 1.97. The van der Waals surface area contributed by atoms with Crippen LogP contribution in [-0.2, 0) is 22.6 Å². The number of carbonyl (C=O) groups is 2. The second kappa shape index (κ2) is 9.61. The molecule has 0 radical (unpaired) electrons. The number of hydrogen-bond acceptors (Lipinski definition) is 6. The van der Waals surface area contributed by atoms with Gasteiger partial charge < -0.3 is 14.2 Å². The van der Waals surface area contributed by atoms with Crippen molar-refractivity contribution in [3.63, 3.8) is 0 Å². The van der Waals surface area contributed by atoms with Gasteiger partial charge in [0.1, 0.15) is 12.4 Å². The molecule has 0 aliphatic carbocycles. The van der Waals surface area contributed by atoms with E-state index in [1.54, 1.807) is 7.11 Å². The lowest BCUT2D eigenvalue weighted by molar-refractivity contribution is -0.138. The lowest BCUT2D eigenvalue weighted by Gasteiger charge is -2.26. The largest absolute Gasteiger partial charge is 0.493 e. The molecule has 1 unspecified atom stereocenters. The Morgan fingerprint density at radius 3 is 2.59 bits per heavy atom. The monoisotopic (exact) mass is 438 g/mol. The number of nitrogens with zero attached hydrogens (tertiary/aromatic N) is 2. The van der Waals surface area contributed by atoms with Crippen LogP contribution in [0.5, 0.6) is 17.2 Å². The maximum Gasteiger partial charge on any atom is 0.229 e. The molecule has 2 aliphatic heterocycles. The minimum absolute atomic E-state index is 0.131. The molecule has 0 spiro atoms. The standard InChI is InChI=1S/C25H30N2O5/c1-17(19-5-7-21-20(15-19)10-12-31-21)26(2)16-18-4-6-22(30-3)23(14-18)32-13-11-27-24(28)8-9-25(27)29/h4-7,14-15,17H,8-13,16H2,1-3H3. The third-order valence-electron chi connectivity index (χ3n) is 6.24. The molecule has 0 bridgehead atoms. The zero-order valence-corrected chi connectivity index (χ0v) is 18.9. The molecule has 7 heteroatoms. The summed E-state index contributed by atoms with van der Waals surface area (Å²) in [4.78, 5) is 27.1. The van der Waals surface area contributed by atoms with Crippen LogP contribution >= 0.6 is 0 Å². The van der Waals surface area contributed by atoms with Crippen LogP contribution in [0.15, 0.2) is 36.4 Å². The average molecular weight is 439 g/mol. The highest BCUT2D eigenvalue weighted by atomic mass is 16.5. The summed E-state index contributed by atoms with van der Waals surface area (Å²) in [5, 5.41) is 0. The van der Waals surface area contributed by atoms with Crippen LogP contribution in [0.25, 0.3) is 0 Å². The highest BCUT2D eigenvalue weighted by Crippen LogP contribution is 2.32. The van der Waals surface area contributed by atoms with Crippen molar-refractivity contribution in [2.24, 2.45) is 0 Å². The molecule has 4 rings (SSSR count). The third kappa shape index (κ3) is 4.72. The van der Waals surface area contributed by atoms with Crippen molar-refractivity contribution in [1.29, 1.82) is 0 Å². The van der Waals surface area contributed by atoms with Gasteiger partial charge in [-0.1, -0.05) is 18.2 Å². The Morgan fingerprint density at radius 1 is 1.06 bits per heavy atom. The Kier molecular flexibility index (Phi) is 6.65. The maximum absolute atomic E-state index is 11.8. The lowest BCUT2D eigenvalue weighted by atomic mass is 10.0. The molecule has 0 saturated carbocycles. The van der Waals surface area contributed by atoms with Crippen molar-refractivity contribution in [3.8, 4) is 17.2 Å². The van der Waals surface area contributed by atoms with E-state index in [9.17, 15) is 9.59 Å². The normalized spacial score (nSPS) is 16.3. The molecule has 170 valence electrons. The van der Waals surface area contributed by atoms with Gasteiger partial charge in [0.15, 0.2) is 11.5 Å². The fourth-order valence-corrected chi connectivity index (χ4v) is 4.20. The molecule has 1 atom stereocenters. The summed E-state index contributed by atoms with van der Waals surface area (Å²) in [6.07, 6.45) is 1.55. The predicted octanol–water partition coefficient (Wildman–Crippen LogP) is 3.35. The molecule has 7 nitrogen and oxygen atoms in total. The van der Waals surface area contributed by atoms with Crippen LogP contribution in [0.2, 0.25) is 0 Å². The van der Waals surface area contributed by atoms with Gasteiger partial charge in [0.05, 0.1) is 20.3 Å². The summed E-state index contributed by atoms with van der Waals surface area (Å²) >= 11 is 0. The highest BCUT2D eigenvalue weighted by Gasteiger charge is 2.28. The van der Waals surface area contributed by atoms with Crippen LogP contribution in [0.4, 0.5) is 0 Å². The van der Waals surface area contributed by atoms with Gasteiger partial charge in [-0.05, 0) is 48.9 Å². The molecule has 2 heterocycles. The van der Waals surface area contributed by atoms with Crippen molar-refractivity contribution in [3.05, 3.63) is 53.1 Å². The van der Waals surface area contributed by atoms with Crippen LogP contribution in [-0.4, -0.2) is 55.5 Å². The van der Waals surface area contributed by atoms with Gasteiger partial charge in [-0.3, -0.25) is 19.4 Å². The van der Waals surface area contributed by atoms with Crippen LogP contribution in [0.1, 0.15) is 42.5 Å². The number of benzene rings is 2. The zero-order chi connectivity index (χ0) is 22.7. The smallest absolute Gasteiger partial charge is 0.229 e. The van der Waals surface area contributed by atoms with Gasteiger partial charge in [0.2, 0.25) is 11.8 Å². The number of likely N-dealkylation sites (tertiary alicyclic amines) is 1. The summed E-state index contributed by atoms with van der Waals surface area (Å²) in [5.41, 5.74) is 3.63. The topological polar surface area (TPSA) is 68.3 Å². The van der Waals surface area contributed by atoms with Gasteiger partial charge in [-0.15, -0.1) is 0 Å². The molecule has 0 N–H and O–H groups in total. The number of rotatable bonds is 9. The van der Waals surface area contributed by atoms with E-state index < -0.39 is 0 Å². The van der Waals surface area contributed by atoms with Gasteiger partial charge in [-0.25, -0.2) is 0 Å². The number of amides is 2. The van der Waals surface area contributed by atoms with E-state index >= 15 is 0 Å². The first-order chi connectivity index (χ1) is 15.5. The van der Waals surface area contributed by atoms with E-state index in [1.165, 1.54) is 16.0 Å². The summed E-state index contributed by atoms with van der Waals surface area (Å²) in [6, 6.07) is 12.6. The van der Waals surface area contributed by atoms with Crippen LogP contribution < -0.4 is 14.2 Å². The minimum Gasteiger partial charge on any atom is -0.493 e. The van der Waals surface area contributed by atoms with Crippen molar-refractivity contribution in [1.82, 2.24) is 9.80 Å². The zero-order valence-electron chi connectivity index (χ0n) is 18.9. The number of hydrogen-bond donors (Lipinski definition) is 0. The first-order valence-corrected chi connectivity index (χ1v) is 11.0. The molecule has 2 aromatic carbocycles. The number of ether oxygens (including phenoxy) is 3. The van der Waals surface area contributed by atoms with Gasteiger partial charge in [0, 0.05) is 31.8 Å². The summed E-state index contributed by atoms with van der Waals surface area (Å²) in [7, 11) is 3.70. The Morgan fingerprint density at radius 2 is 1.84 bits per heavy atom. The molecule has 2 amide bonds. The Hall–Kier alpha value is -3.06. The van der Waals surface area contributed by atoms with E-state index in [4.69, 9.17) is 14.2 Å². The second-order valence-corrected chi connectivity index (χ2v) is 8.33. The lowest BCUT2D eigenvalue weighted by Crippen LogP contribution is -2.33. The van der Waals surface area contributed by atoms with E-state index in [-0.39, 0.29) is 31.0 Å². The second-order valence-electron chi connectivity index (χ2n) is 8.33. The van der Waals surface area contributed by atoms with Crippen molar-refractivity contribution in [2.75, 3.05) is 33.9 Å². The predicted molar refractivity (Wildman–Crippen MR) is 120 cm³/mol. The van der Waals surface area contributed by atoms with Gasteiger partial charge in [-0.2, -0.15) is 0 Å². The Bertz CT molecular complexity index is 990. The fourth-order valence-electron chi connectivity index (χ4n) is 4.20. The minimum atomic E-state index is -0.131. The molecule has 2 aliphatic rings. The van der Waals surface area contributed by atoms with Crippen molar-refractivity contribution < 1.29 is 23.8 Å². The van der Waals surface area contributed by atoms with E-state index in [0.29, 0.717) is 24.3 Å². The molecule has 1 saturated heterocycles. The average Bonchev–Trinajstić information content (AvgIpc) is 3.39. The quantitative estimate of drug-likeness (QED) is 0.560. The molecule has 32 heavy (non-hydrogen) atoms. The first-order valence-electron chi connectivity index (χ1n) is 11.0. The maximum atomic E-state index is 11.8. The van der Waals surface area contributed by atoms with E-state index in [1.807, 2.05) is 18.2 Å². The Balaban J connectivity index is 1.39. The number of methoxy groups -OCH3 is 1.